The molecule has 2 rings (SSSR count). The van der Waals surface area contributed by atoms with Gasteiger partial charge in [0.2, 0.25) is 0 Å². The number of rotatable bonds is 2. The van der Waals surface area contributed by atoms with E-state index in [0.29, 0.717) is 11.3 Å². The first-order chi connectivity index (χ1) is 8.60. The largest absolute Gasteiger partial charge is 0.353 e. The van der Waals surface area contributed by atoms with Crippen LogP contribution in [0.4, 0.5) is 15.8 Å². The van der Waals surface area contributed by atoms with Crippen LogP contribution in [0.25, 0.3) is 0 Å². The Morgan fingerprint density at radius 2 is 1.83 bits per heavy atom. The number of benzene rings is 2. The van der Waals surface area contributed by atoms with Gasteiger partial charge in [0.25, 0.3) is 0 Å². The third-order valence-corrected chi connectivity index (χ3v) is 2.88. The number of nitrogens with one attached hydrogen (secondary N) is 1. The zero-order valence-corrected chi connectivity index (χ0v) is 10.3. The third-order valence-electron chi connectivity index (χ3n) is 2.88. The number of nitrogens with zero attached hydrogens (tertiary/aromatic N) is 1. The Morgan fingerprint density at radius 3 is 2.44 bits per heavy atom. The van der Waals surface area contributed by atoms with Gasteiger partial charge in [-0.15, -0.1) is 0 Å². The standard InChI is InChI=1S/C15H13FN2/c1-10-3-5-13(7-11(10)2)18-15-6-4-12(9-17)8-14(15)16/h3-8,18H,1-2H3. The Morgan fingerprint density at radius 1 is 1.06 bits per heavy atom. The van der Waals surface area contributed by atoms with E-state index < -0.39 is 5.82 Å². The summed E-state index contributed by atoms with van der Waals surface area (Å²) in [5.41, 5.74) is 3.87. The molecule has 18 heavy (non-hydrogen) atoms. The molecule has 0 aliphatic carbocycles. The van der Waals surface area contributed by atoms with Crippen molar-refractivity contribution in [3.05, 3.63) is 58.9 Å². The summed E-state index contributed by atoms with van der Waals surface area (Å²) in [6.07, 6.45) is 0. The van der Waals surface area contributed by atoms with E-state index in [1.165, 1.54) is 11.6 Å². The fourth-order valence-corrected chi connectivity index (χ4v) is 1.66. The van der Waals surface area contributed by atoms with Gasteiger partial charge in [0.15, 0.2) is 0 Å². The summed E-state index contributed by atoms with van der Waals surface area (Å²) in [4.78, 5) is 0. The zero-order valence-electron chi connectivity index (χ0n) is 10.3. The second kappa shape index (κ2) is 4.89. The molecule has 0 amide bonds. The van der Waals surface area contributed by atoms with Crippen LogP contribution in [0.15, 0.2) is 36.4 Å². The van der Waals surface area contributed by atoms with Gasteiger partial charge in [-0.25, -0.2) is 4.39 Å². The molecule has 0 aliphatic rings. The van der Waals surface area contributed by atoms with Crippen LogP contribution in [0, 0.1) is 31.0 Å². The van der Waals surface area contributed by atoms with Crippen molar-refractivity contribution in [2.45, 2.75) is 13.8 Å². The van der Waals surface area contributed by atoms with E-state index in [-0.39, 0.29) is 0 Å². The van der Waals surface area contributed by atoms with E-state index in [1.807, 2.05) is 38.1 Å². The summed E-state index contributed by atoms with van der Waals surface area (Å²) in [5.74, 6) is -0.424. The summed E-state index contributed by atoms with van der Waals surface area (Å²) in [6.45, 7) is 4.04. The molecule has 0 radical (unpaired) electrons. The molecule has 0 aromatic heterocycles. The van der Waals surface area contributed by atoms with Gasteiger partial charge < -0.3 is 5.32 Å². The molecule has 2 aromatic carbocycles. The van der Waals surface area contributed by atoms with Gasteiger partial charge in [-0.3, -0.25) is 0 Å². The lowest BCUT2D eigenvalue weighted by atomic mass is 10.1. The molecule has 0 saturated heterocycles. The monoisotopic (exact) mass is 240 g/mol. The molecule has 0 unspecified atom stereocenters. The molecule has 2 nitrogen and oxygen atoms in total. The van der Waals surface area contributed by atoms with Gasteiger partial charge >= 0.3 is 0 Å². The summed E-state index contributed by atoms with van der Waals surface area (Å²) in [7, 11) is 0. The minimum atomic E-state index is -0.424. The summed E-state index contributed by atoms with van der Waals surface area (Å²) in [5, 5.41) is 11.7. The van der Waals surface area contributed by atoms with E-state index in [9.17, 15) is 4.39 Å². The molecular formula is C15H13FN2. The molecule has 0 aliphatic heterocycles. The predicted molar refractivity (Wildman–Crippen MR) is 70.3 cm³/mol. The van der Waals surface area contributed by atoms with Crippen molar-refractivity contribution in [2.24, 2.45) is 0 Å². The van der Waals surface area contributed by atoms with Crippen LogP contribution in [0.2, 0.25) is 0 Å². The number of nitriles is 1. The molecule has 0 fully saturated rings. The molecule has 0 atom stereocenters. The van der Waals surface area contributed by atoms with Crippen LogP contribution in [-0.2, 0) is 0 Å². The van der Waals surface area contributed by atoms with Crippen LogP contribution in [0.1, 0.15) is 16.7 Å². The third kappa shape index (κ3) is 2.49. The first-order valence-electron chi connectivity index (χ1n) is 5.64. The molecule has 0 bridgehead atoms. The maximum absolute atomic E-state index is 13.7. The second-order valence-corrected chi connectivity index (χ2v) is 4.23. The van der Waals surface area contributed by atoms with Gasteiger partial charge in [0.05, 0.1) is 17.3 Å². The van der Waals surface area contributed by atoms with Crippen molar-refractivity contribution < 1.29 is 4.39 Å². The lowest BCUT2D eigenvalue weighted by Gasteiger charge is -2.09. The predicted octanol–water partition coefficient (Wildman–Crippen LogP) is 4.06. The smallest absolute Gasteiger partial charge is 0.147 e. The molecule has 1 N–H and O–H groups in total. The zero-order chi connectivity index (χ0) is 13.1. The molecule has 0 spiro atoms. The second-order valence-electron chi connectivity index (χ2n) is 4.23. The number of hydrogen-bond acceptors (Lipinski definition) is 2. The van der Waals surface area contributed by atoms with E-state index in [1.54, 1.807) is 12.1 Å². The summed E-state index contributed by atoms with van der Waals surface area (Å²) in [6, 6.07) is 12.1. The molecule has 0 saturated carbocycles. The minimum Gasteiger partial charge on any atom is -0.353 e. The summed E-state index contributed by atoms with van der Waals surface area (Å²) >= 11 is 0. The highest BCUT2D eigenvalue weighted by Gasteiger charge is 2.04. The van der Waals surface area contributed by atoms with Crippen molar-refractivity contribution in [1.82, 2.24) is 0 Å². The first kappa shape index (κ1) is 12.1. The van der Waals surface area contributed by atoms with E-state index in [0.717, 1.165) is 11.3 Å². The van der Waals surface area contributed by atoms with E-state index in [4.69, 9.17) is 5.26 Å². The van der Waals surface area contributed by atoms with Crippen LogP contribution in [-0.4, -0.2) is 0 Å². The minimum absolute atomic E-state index is 0.318. The van der Waals surface area contributed by atoms with Crippen molar-refractivity contribution in [3.63, 3.8) is 0 Å². The Kier molecular flexibility index (Phi) is 3.29. The number of halogens is 1. The first-order valence-corrected chi connectivity index (χ1v) is 5.64. The van der Waals surface area contributed by atoms with E-state index in [2.05, 4.69) is 5.32 Å². The summed E-state index contributed by atoms with van der Waals surface area (Å²) < 4.78 is 13.7. The average molecular weight is 240 g/mol. The molecule has 2 aromatic rings. The lowest BCUT2D eigenvalue weighted by Crippen LogP contribution is -1.95. The fourth-order valence-electron chi connectivity index (χ4n) is 1.66. The van der Waals surface area contributed by atoms with Crippen LogP contribution in [0.3, 0.4) is 0 Å². The highest BCUT2D eigenvalue weighted by atomic mass is 19.1. The molecule has 3 heteroatoms. The van der Waals surface area contributed by atoms with E-state index >= 15 is 0 Å². The van der Waals surface area contributed by atoms with Crippen LogP contribution in [0.5, 0.6) is 0 Å². The normalized spacial score (nSPS) is 9.89. The number of aryl methyl sites for hydroxylation is 2. The highest BCUT2D eigenvalue weighted by Crippen LogP contribution is 2.22. The maximum Gasteiger partial charge on any atom is 0.147 e. The molecule has 0 heterocycles. The molecule has 90 valence electrons. The van der Waals surface area contributed by atoms with Gasteiger partial charge in [0, 0.05) is 5.69 Å². The fraction of sp³-hybridized carbons (Fsp3) is 0.133. The van der Waals surface area contributed by atoms with Crippen molar-refractivity contribution in [2.75, 3.05) is 5.32 Å². The maximum atomic E-state index is 13.7. The Hall–Kier alpha value is -2.34. The van der Waals surface area contributed by atoms with Gasteiger partial charge in [-0.1, -0.05) is 6.07 Å². The molecular weight excluding hydrogens is 227 g/mol. The highest BCUT2D eigenvalue weighted by molar-refractivity contribution is 5.62. The average Bonchev–Trinajstić information content (AvgIpc) is 2.36. The SMILES string of the molecule is Cc1ccc(Nc2ccc(C#N)cc2F)cc1C. The number of anilines is 2. The number of hydrogen-bond donors (Lipinski definition) is 1. The Balaban J connectivity index is 2.29. The topological polar surface area (TPSA) is 35.8 Å². The lowest BCUT2D eigenvalue weighted by molar-refractivity contribution is 0.631. The Bertz CT molecular complexity index is 627. The van der Waals surface area contributed by atoms with Crippen LogP contribution < -0.4 is 5.32 Å². The van der Waals surface area contributed by atoms with Gasteiger partial charge in [0.1, 0.15) is 5.82 Å². The van der Waals surface area contributed by atoms with Crippen LogP contribution >= 0.6 is 0 Å². The van der Waals surface area contributed by atoms with Crippen molar-refractivity contribution >= 4 is 11.4 Å². The quantitative estimate of drug-likeness (QED) is 0.859. The van der Waals surface area contributed by atoms with Crippen molar-refractivity contribution in [1.29, 1.82) is 5.26 Å². The van der Waals surface area contributed by atoms with Gasteiger partial charge in [-0.05, 0) is 55.3 Å². The Labute approximate surface area is 106 Å². The van der Waals surface area contributed by atoms with Crippen molar-refractivity contribution in [3.8, 4) is 6.07 Å². The van der Waals surface area contributed by atoms with Gasteiger partial charge in [-0.2, -0.15) is 5.26 Å².